The third-order valence-corrected chi connectivity index (χ3v) is 7.33. The normalized spacial score (nSPS) is 20.7. The molecule has 0 unspecified atom stereocenters. The second kappa shape index (κ2) is 9.41. The largest absolute Gasteiger partial charge is 0.385 e. The predicted octanol–water partition coefficient (Wildman–Crippen LogP) is 4.34. The summed E-state index contributed by atoms with van der Waals surface area (Å²) in [4.78, 5) is 9.20. The average molecular weight is 421 g/mol. The van der Waals surface area contributed by atoms with E-state index in [1.165, 1.54) is 16.8 Å². The lowest BCUT2D eigenvalue weighted by molar-refractivity contribution is 0.00714. The van der Waals surface area contributed by atoms with E-state index in [0.29, 0.717) is 11.7 Å². The molecular formula is C26H36N4O. The molecule has 1 aromatic heterocycles. The number of nitrogens with zero attached hydrogens (tertiary/aromatic N) is 3. The lowest BCUT2D eigenvalue weighted by Crippen LogP contribution is -2.44. The minimum absolute atomic E-state index is 0.576. The average Bonchev–Trinajstić information content (AvgIpc) is 2.81. The van der Waals surface area contributed by atoms with Crippen LogP contribution in [-0.4, -0.2) is 46.8 Å². The predicted molar refractivity (Wildman–Crippen MR) is 128 cm³/mol. The number of hydrogen-bond acceptors (Lipinski definition) is 5. The summed E-state index contributed by atoms with van der Waals surface area (Å²) in [5, 5.41) is 10.8. The number of anilines is 2. The Bertz CT molecular complexity index is 875. The van der Waals surface area contributed by atoms with Crippen LogP contribution in [0.4, 0.5) is 11.5 Å². The third-order valence-electron chi connectivity index (χ3n) is 7.33. The SMILES string of the molecule is C/C=C(\C)C1(O)CCN(Cc2ccc(N3CCC(c4ccc(N)nc4)CC3)cc2)CC1. The molecule has 4 rings (SSSR count). The van der Waals surface area contributed by atoms with Crippen molar-refractivity contribution in [2.24, 2.45) is 0 Å². The number of aliphatic hydroxyl groups is 1. The van der Waals surface area contributed by atoms with Gasteiger partial charge in [0.05, 0.1) is 5.60 Å². The maximum atomic E-state index is 10.8. The third kappa shape index (κ3) is 5.10. The molecule has 2 aliphatic rings. The summed E-state index contributed by atoms with van der Waals surface area (Å²) >= 11 is 0. The highest BCUT2D eigenvalue weighted by Crippen LogP contribution is 2.32. The van der Waals surface area contributed by atoms with Crippen LogP contribution in [0, 0.1) is 0 Å². The Balaban J connectivity index is 1.28. The van der Waals surface area contributed by atoms with Gasteiger partial charge in [-0.1, -0.05) is 24.3 Å². The number of nitrogen functional groups attached to an aromatic ring is 1. The van der Waals surface area contributed by atoms with Crippen molar-refractivity contribution in [2.75, 3.05) is 36.8 Å². The van der Waals surface area contributed by atoms with E-state index in [4.69, 9.17) is 5.73 Å². The number of aromatic nitrogens is 1. The Kier molecular flexibility index (Phi) is 6.63. The van der Waals surface area contributed by atoms with Gasteiger partial charge in [0.1, 0.15) is 5.82 Å². The Morgan fingerprint density at radius 1 is 1.10 bits per heavy atom. The number of nitrogens with two attached hydrogens (primary N) is 1. The first-order valence-electron chi connectivity index (χ1n) is 11.6. The molecule has 0 saturated carbocycles. The standard InChI is InChI=1S/C26H36N4O/c1-3-20(2)26(31)12-16-29(17-13-26)19-21-4-7-24(8-5-21)30-14-10-22(11-15-30)23-6-9-25(27)28-18-23/h3-9,18,22,31H,10-17,19H2,1-2H3,(H2,27,28)/b20-3+. The Morgan fingerprint density at radius 2 is 1.77 bits per heavy atom. The molecule has 3 heterocycles. The van der Waals surface area contributed by atoms with E-state index in [-0.39, 0.29) is 0 Å². The Hall–Kier alpha value is -2.37. The van der Waals surface area contributed by atoms with Gasteiger partial charge in [-0.2, -0.15) is 0 Å². The van der Waals surface area contributed by atoms with Gasteiger partial charge in [-0.3, -0.25) is 4.90 Å². The monoisotopic (exact) mass is 420 g/mol. The lowest BCUT2D eigenvalue weighted by Gasteiger charge is -2.39. The number of benzene rings is 1. The first-order chi connectivity index (χ1) is 15.0. The first kappa shape index (κ1) is 21.8. The fourth-order valence-corrected chi connectivity index (χ4v) is 4.94. The molecule has 0 radical (unpaired) electrons. The summed E-state index contributed by atoms with van der Waals surface area (Å²) in [5.74, 6) is 1.17. The van der Waals surface area contributed by atoms with Gasteiger partial charge >= 0.3 is 0 Å². The minimum Gasteiger partial charge on any atom is -0.385 e. The molecular weight excluding hydrogens is 384 g/mol. The molecule has 3 N–H and O–H groups in total. The van der Waals surface area contributed by atoms with Crippen LogP contribution in [0.2, 0.25) is 0 Å². The molecule has 0 spiro atoms. The molecule has 2 aromatic rings. The highest BCUT2D eigenvalue weighted by molar-refractivity contribution is 5.48. The van der Waals surface area contributed by atoms with Crippen molar-refractivity contribution in [1.29, 1.82) is 0 Å². The fourth-order valence-electron chi connectivity index (χ4n) is 4.94. The zero-order chi connectivity index (χ0) is 21.8. The van der Waals surface area contributed by atoms with Crippen molar-refractivity contribution in [3.63, 3.8) is 0 Å². The van der Waals surface area contributed by atoms with Crippen molar-refractivity contribution >= 4 is 11.5 Å². The second-order valence-electron chi connectivity index (χ2n) is 9.22. The van der Waals surface area contributed by atoms with E-state index in [9.17, 15) is 5.11 Å². The van der Waals surface area contributed by atoms with Gasteiger partial charge in [0.2, 0.25) is 0 Å². The topological polar surface area (TPSA) is 65.6 Å². The quantitative estimate of drug-likeness (QED) is 0.705. The second-order valence-corrected chi connectivity index (χ2v) is 9.22. The highest BCUT2D eigenvalue weighted by Gasteiger charge is 2.33. The molecule has 0 aliphatic carbocycles. The Labute approximate surface area is 186 Å². The summed E-state index contributed by atoms with van der Waals surface area (Å²) in [7, 11) is 0. The molecule has 5 nitrogen and oxygen atoms in total. The van der Waals surface area contributed by atoms with E-state index in [0.717, 1.165) is 64.0 Å². The molecule has 0 amide bonds. The van der Waals surface area contributed by atoms with Crippen LogP contribution in [0.5, 0.6) is 0 Å². The molecule has 2 fully saturated rings. The molecule has 1 aromatic carbocycles. The summed E-state index contributed by atoms with van der Waals surface area (Å²) in [6, 6.07) is 13.1. The van der Waals surface area contributed by atoms with E-state index in [1.54, 1.807) is 0 Å². The van der Waals surface area contributed by atoms with Gasteiger partial charge in [-0.25, -0.2) is 4.98 Å². The Morgan fingerprint density at radius 3 is 2.35 bits per heavy atom. The van der Waals surface area contributed by atoms with Crippen molar-refractivity contribution in [1.82, 2.24) is 9.88 Å². The smallest absolute Gasteiger partial charge is 0.123 e. The van der Waals surface area contributed by atoms with Crippen LogP contribution < -0.4 is 10.6 Å². The molecule has 31 heavy (non-hydrogen) atoms. The summed E-state index contributed by atoms with van der Waals surface area (Å²) in [6.45, 7) is 9.04. The molecule has 166 valence electrons. The fraction of sp³-hybridized carbons (Fsp3) is 0.500. The number of hydrogen-bond donors (Lipinski definition) is 2. The number of rotatable bonds is 5. The van der Waals surface area contributed by atoms with E-state index < -0.39 is 5.60 Å². The van der Waals surface area contributed by atoms with E-state index in [1.807, 2.05) is 32.2 Å². The molecule has 2 saturated heterocycles. The van der Waals surface area contributed by atoms with Crippen LogP contribution in [0.25, 0.3) is 0 Å². The van der Waals surface area contributed by atoms with Crippen LogP contribution in [-0.2, 0) is 6.54 Å². The van der Waals surface area contributed by atoms with Crippen molar-refractivity contribution in [2.45, 2.75) is 57.6 Å². The van der Waals surface area contributed by atoms with Crippen molar-refractivity contribution < 1.29 is 5.11 Å². The highest BCUT2D eigenvalue weighted by atomic mass is 16.3. The molecule has 0 bridgehead atoms. The molecule has 0 atom stereocenters. The van der Waals surface area contributed by atoms with Crippen LogP contribution >= 0.6 is 0 Å². The summed E-state index contributed by atoms with van der Waals surface area (Å²) in [5.41, 5.74) is 10.2. The number of pyridine rings is 1. The van der Waals surface area contributed by atoms with E-state index in [2.05, 4.69) is 45.1 Å². The lowest BCUT2D eigenvalue weighted by atomic mass is 9.84. The zero-order valence-corrected chi connectivity index (χ0v) is 18.9. The minimum atomic E-state index is -0.607. The van der Waals surface area contributed by atoms with Gasteiger partial charge < -0.3 is 15.7 Å². The summed E-state index contributed by atoms with van der Waals surface area (Å²) < 4.78 is 0. The van der Waals surface area contributed by atoms with Gasteiger partial charge in [0.15, 0.2) is 0 Å². The maximum absolute atomic E-state index is 10.8. The van der Waals surface area contributed by atoms with Crippen LogP contribution in [0.3, 0.4) is 0 Å². The van der Waals surface area contributed by atoms with Crippen LogP contribution in [0.1, 0.15) is 56.6 Å². The first-order valence-corrected chi connectivity index (χ1v) is 11.6. The number of piperidine rings is 2. The summed E-state index contributed by atoms with van der Waals surface area (Å²) in [6.07, 6.45) is 7.92. The van der Waals surface area contributed by atoms with Gasteiger partial charge in [0, 0.05) is 44.6 Å². The number of likely N-dealkylation sites (tertiary alicyclic amines) is 1. The zero-order valence-electron chi connectivity index (χ0n) is 18.9. The van der Waals surface area contributed by atoms with Crippen LogP contribution in [0.15, 0.2) is 54.2 Å². The van der Waals surface area contributed by atoms with Gasteiger partial charge in [0.25, 0.3) is 0 Å². The van der Waals surface area contributed by atoms with Crippen molar-refractivity contribution in [3.05, 3.63) is 65.4 Å². The van der Waals surface area contributed by atoms with Gasteiger partial charge in [-0.05, 0) is 80.3 Å². The maximum Gasteiger partial charge on any atom is 0.123 e. The number of allylic oxidation sites excluding steroid dienone is 1. The van der Waals surface area contributed by atoms with Crippen molar-refractivity contribution in [3.8, 4) is 0 Å². The molecule has 5 heteroatoms. The van der Waals surface area contributed by atoms with Gasteiger partial charge in [-0.15, -0.1) is 0 Å². The van der Waals surface area contributed by atoms with E-state index >= 15 is 0 Å². The molecule has 2 aliphatic heterocycles.